The van der Waals surface area contributed by atoms with Crippen LogP contribution in [0.1, 0.15) is 12.8 Å². The number of amides is 2. The lowest BCUT2D eigenvalue weighted by Gasteiger charge is -2.37. The van der Waals surface area contributed by atoms with E-state index in [0.717, 1.165) is 5.75 Å². The Bertz CT molecular complexity index is 600. The zero-order valence-corrected chi connectivity index (χ0v) is 14.6. The van der Waals surface area contributed by atoms with E-state index in [0.29, 0.717) is 52.2 Å². The molecule has 0 aliphatic carbocycles. The molecule has 0 bridgehead atoms. The van der Waals surface area contributed by atoms with Crippen LogP contribution in [0.3, 0.4) is 0 Å². The molecule has 1 aromatic rings. The van der Waals surface area contributed by atoms with Gasteiger partial charge in [0.15, 0.2) is 0 Å². The summed E-state index contributed by atoms with van der Waals surface area (Å²) >= 11 is 0. The maximum atomic E-state index is 12.2. The van der Waals surface area contributed by atoms with Crippen LogP contribution in [-0.2, 0) is 9.53 Å². The molecule has 3 rings (SSSR count). The van der Waals surface area contributed by atoms with Crippen molar-refractivity contribution in [2.45, 2.75) is 18.4 Å². The Balaban J connectivity index is 1.47. The molecule has 2 heterocycles. The molecule has 0 unspecified atom stereocenters. The molecule has 2 fully saturated rings. The molecule has 2 saturated heterocycles. The second-order valence-electron chi connectivity index (χ2n) is 6.55. The van der Waals surface area contributed by atoms with Crippen LogP contribution in [0, 0.1) is 0 Å². The van der Waals surface area contributed by atoms with Gasteiger partial charge in [0.2, 0.25) is 5.91 Å². The van der Waals surface area contributed by atoms with Crippen molar-refractivity contribution in [1.82, 2.24) is 15.1 Å². The molecule has 25 heavy (non-hydrogen) atoms. The van der Waals surface area contributed by atoms with Gasteiger partial charge >= 0.3 is 6.09 Å². The number of hydrogen-bond acceptors (Lipinski definition) is 5. The van der Waals surface area contributed by atoms with Crippen molar-refractivity contribution < 1.29 is 19.1 Å². The summed E-state index contributed by atoms with van der Waals surface area (Å²) in [6.07, 6.45) is 1.08. The Morgan fingerprint density at radius 3 is 2.68 bits per heavy atom. The van der Waals surface area contributed by atoms with Crippen LogP contribution in [0.4, 0.5) is 4.79 Å². The summed E-state index contributed by atoms with van der Waals surface area (Å²) in [7, 11) is 1.76. The third kappa shape index (κ3) is 4.22. The number of likely N-dealkylation sites (N-methyl/N-ethyl adjacent to an activating group) is 1. The summed E-state index contributed by atoms with van der Waals surface area (Å²) in [5.74, 6) is 0.885. The molecule has 7 nitrogen and oxygen atoms in total. The Hall–Kier alpha value is -2.28. The normalized spacial score (nSPS) is 19.2. The SMILES string of the molecule is CNCC(=O)N1CCC2(CC1)CN(CCOc1ccccc1)C(=O)O2. The van der Waals surface area contributed by atoms with Gasteiger partial charge in [-0.1, -0.05) is 18.2 Å². The first-order valence-electron chi connectivity index (χ1n) is 8.70. The smallest absolute Gasteiger partial charge is 0.410 e. The summed E-state index contributed by atoms with van der Waals surface area (Å²) in [4.78, 5) is 27.6. The van der Waals surface area contributed by atoms with E-state index in [1.165, 1.54) is 0 Å². The molecule has 2 amide bonds. The first kappa shape index (κ1) is 17.5. The van der Waals surface area contributed by atoms with E-state index in [2.05, 4.69) is 5.32 Å². The largest absolute Gasteiger partial charge is 0.492 e. The van der Waals surface area contributed by atoms with Gasteiger partial charge in [-0.25, -0.2) is 4.79 Å². The van der Waals surface area contributed by atoms with E-state index >= 15 is 0 Å². The van der Waals surface area contributed by atoms with Crippen molar-refractivity contribution in [2.75, 3.05) is 46.4 Å². The van der Waals surface area contributed by atoms with Gasteiger partial charge in [-0.15, -0.1) is 0 Å². The number of piperidine rings is 1. The fraction of sp³-hybridized carbons (Fsp3) is 0.556. The fourth-order valence-electron chi connectivity index (χ4n) is 3.34. The molecule has 0 atom stereocenters. The number of para-hydroxylation sites is 1. The maximum Gasteiger partial charge on any atom is 0.410 e. The Morgan fingerprint density at radius 2 is 2.00 bits per heavy atom. The lowest BCUT2D eigenvalue weighted by molar-refractivity contribution is -0.133. The molecule has 136 valence electrons. The van der Waals surface area contributed by atoms with Crippen molar-refractivity contribution in [3.05, 3.63) is 30.3 Å². The monoisotopic (exact) mass is 347 g/mol. The minimum Gasteiger partial charge on any atom is -0.492 e. The lowest BCUT2D eigenvalue weighted by Crippen LogP contribution is -2.50. The average Bonchev–Trinajstić information content (AvgIpc) is 2.92. The van der Waals surface area contributed by atoms with Crippen molar-refractivity contribution in [1.29, 1.82) is 0 Å². The predicted molar refractivity (Wildman–Crippen MR) is 92.5 cm³/mol. The van der Waals surface area contributed by atoms with Crippen molar-refractivity contribution in [3.8, 4) is 5.75 Å². The summed E-state index contributed by atoms with van der Waals surface area (Å²) in [6, 6.07) is 9.54. The van der Waals surface area contributed by atoms with Gasteiger partial charge in [0, 0.05) is 25.9 Å². The predicted octanol–water partition coefficient (Wildman–Crippen LogP) is 1.10. The van der Waals surface area contributed by atoms with Crippen LogP contribution in [0.5, 0.6) is 5.75 Å². The standard InChI is InChI=1S/C18H25N3O4/c1-19-13-16(22)20-9-7-18(8-10-20)14-21(17(23)25-18)11-12-24-15-5-3-2-4-6-15/h2-6,19H,7-14H2,1H3. The third-order valence-electron chi connectivity index (χ3n) is 4.77. The van der Waals surface area contributed by atoms with E-state index in [9.17, 15) is 9.59 Å². The average molecular weight is 347 g/mol. The Kier molecular flexibility index (Phi) is 5.43. The van der Waals surface area contributed by atoms with Crippen molar-refractivity contribution in [2.24, 2.45) is 0 Å². The number of carbonyl (C=O) groups is 2. The number of carbonyl (C=O) groups excluding carboxylic acids is 2. The molecule has 1 spiro atoms. The highest BCUT2D eigenvalue weighted by Crippen LogP contribution is 2.33. The molecular formula is C18H25N3O4. The minimum absolute atomic E-state index is 0.0924. The summed E-state index contributed by atoms with van der Waals surface area (Å²) in [5.41, 5.74) is -0.458. The van der Waals surface area contributed by atoms with Gasteiger partial charge in [-0.05, 0) is 19.2 Å². The number of nitrogens with one attached hydrogen (secondary N) is 1. The summed E-state index contributed by atoms with van der Waals surface area (Å²) in [6.45, 7) is 3.10. The minimum atomic E-state index is -0.458. The van der Waals surface area contributed by atoms with E-state index in [1.54, 1.807) is 11.9 Å². The van der Waals surface area contributed by atoms with Gasteiger partial charge < -0.3 is 24.6 Å². The topological polar surface area (TPSA) is 71.1 Å². The second-order valence-corrected chi connectivity index (χ2v) is 6.55. The molecule has 1 aromatic carbocycles. The molecular weight excluding hydrogens is 322 g/mol. The first-order chi connectivity index (χ1) is 12.1. The summed E-state index contributed by atoms with van der Waals surface area (Å²) < 4.78 is 11.3. The number of hydrogen-bond donors (Lipinski definition) is 1. The molecule has 7 heteroatoms. The highest BCUT2D eigenvalue weighted by Gasteiger charge is 2.47. The Morgan fingerprint density at radius 1 is 1.28 bits per heavy atom. The Labute approximate surface area is 147 Å². The fourth-order valence-corrected chi connectivity index (χ4v) is 3.34. The van der Waals surface area contributed by atoms with E-state index in [4.69, 9.17) is 9.47 Å². The van der Waals surface area contributed by atoms with Crippen LogP contribution >= 0.6 is 0 Å². The second kappa shape index (κ2) is 7.74. The number of rotatable bonds is 6. The number of ether oxygens (including phenoxy) is 2. The van der Waals surface area contributed by atoms with E-state index in [1.807, 2.05) is 35.2 Å². The highest BCUT2D eigenvalue weighted by atomic mass is 16.6. The number of likely N-dealkylation sites (tertiary alicyclic amines) is 1. The zero-order valence-electron chi connectivity index (χ0n) is 14.6. The van der Waals surface area contributed by atoms with Crippen molar-refractivity contribution in [3.63, 3.8) is 0 Å². The van der Waals surface area contributed by atoms with Crippen LogP contribution in [-0.4, -0.2) is 73.8 Å². The first-order valence-corrected chi connectivity index (χ1v) is 8.70. The van der Waals surface area contributed by atoms with Gasteiger partial charge in [0.05, 0.1) is 19.6 Å². The number of nitrogens with zero attached hydrogens (tertiary/aromatic N) is 2. The van der Waals surface area contributed by atoms with Gasteiger partial charge in [-0.2, -0.15) is 0 Å². The molecule has 1 N–H and O–H groups in total. The van der Waals surface area contributed by atoms with Gasteiger partial charge in [-0.3, -0.25) is 4.79 Å². The van der Waals surface area contributed by atoms with Crippen LogP contribution < -0.4 is 10.1 Å². The van der Waals surface area contributed by atoms with E-state index < -0.39 is 5.60 Å². The molecule has 0 aromatic heterocycles. The molecule has 2 aliphatic heterocycles. The number of benzene rings is 1. The van der Waals surface area contributed by atoms with Crippen LogP contribution in [0.15, 0.2) is 30.3 Å². The van der Waals surface area contributed by atoms with Crippen LogP contribution in [0.25, 0.3) is 0 Å². The lowest BCUT2D eigenvalue weighted by atomic mass is 9.91. The van der Waals surface area contributed by atoms with Crippen molar-refractivity contribution >= 4 is 12.0 Å². The van der Waals surface area contributed by atoms with Crippen LogP contribution in [0.2, 0.25) is 0 Å². The maximum absolute atomic E-state index is 12.2. The molecule has 2 aliphatic rings. The van der Waals surface area contributed by atoms with Gasteiger partial charge in [0.25, 0.3) is 0 Å². The van der Waals surface area contributed by atoms with E-state index in [-0.39, 0.29) is 12.0 Å². The highest BCUT2D eigenvalue weighted by molar-refractivity contribution is 5.78. The zero-order chi connectivity index (χ0) is 17.7. The quantitative estimate of drug-likeness (QED) is 0.834. The molecule has 0 radical (unpaired) electrons. The van der Waals surface area contributed by atoms with Gasteiger partial charge in [0.1, 0.15) is 18.0 Å². The summed E-state index contributed by atoms with van der Waals surface area (Å²) in [5, 5.41) is 2.88. The third-order valence-corrected chi connectivity index (χ3v) is 4.77. The molecule has 0 saturated carbocycles.